The van der Waals surface area contributed by atoms with E-state index in [1.807, 2.05) is 50.2 Å². The zero-order valence-corrected chi connectivity index (χ0v) is 15.2. The van der Waals surface area contributed by atoms with Crippen molar-refractivity contribution < 1.29 is 9.53 Å². The molecular formula is C19H20N2O3S. The molecule has 25 heavy (non-hydrogen) atoms. The third kappa shape index (κ3) is 3.58. The van der Waals surface area contributed by atoms with Crippen LogP contribution in [0.1, 0.15) is 19.4 Å². The molecule has 0 fully saturated rings. The van der Waals surface area contributed by atoms with Crippen molar-refractivity contribution in [1.29, 1.82) is 0 Å². The fraction of sp³-hybridized carbons (Fsp3) is 0.263. The van der Waals surface area contributed by atoms with Gasteiger partial charge in [0.2, 0.25) is 0 Å². The molecule has 1 atom stereocenters. The van der Waals surface area contributed by atoms with Crippen LogP contribution < -0.4 is 14.9 Å². The molecule has 0 bridgehead atoms. The lowest BCUT2D eigenvalue weighted by Crippen LogP contribution is -2.30. The number of nitrogens with zero attached hydrogens (tertiary/aromatic N) is 1. The third-order valence-electron chi connectivity index (χ3n) is 4.02. The van der Waals surface area contributed by atoms with Crippen LogP contribution in [0.25, 0.3) is 10.2 Å². The molecule has 0 radical (unpaired) electrons. The maximum Gasteiger partial charge on any atom is 0.308 e. The number of anilines is 1. The van der Waals surface area contributed by atoms with Crippen molar-refractivity contribution in [3.8, 4) is 5.75 Å². The maximum absolute atomic E-state index is 12.4. The SMILES string of the molecule is CCn1c(=O)sc2cc(NC(=O)[C@H](C)Oc3ccccc3C)ccc21. The second-order valence-corrected chi connectivity index (χ2v) is 6.80. The number of fused-ring (bicyclic) bond motifs is 1. The van der Waals surface area contributed by atoms with Crippen molar-refractivity contribution >= 4 is 33.1 Å². The monoisotopic (exact) mass is 356 g/mol. The summed E-state index contributed by atoms with van der Waals surface area (Å²) in [5.41, 5.74) is 2.52. The van der Waals surface area contributed by atoms with Crippen LogP contribution in [0.3, 0.4) is 0 Å². The number of aromatic nitrogens is 1. The van der Waals surface area contributed by atoms with E-state index in [2.05, 4.69) is 5.32 Å². The molecule has 130 valence electrons. The molecule has 0 unspecified atom stereocenters. The first-order valence-electron chi connectivity index (χ1n) is 8.16. The number of thiazole rings is 1. The summed E-state index contributed by atoms with van der Waals surface area (Å²) in [6.45, 7) is 6.22. The highest BCUT2D eigenvalue weighted by Gasteiger charge is 2.16. The Hall–Kier alpha value is -2.60. The quantitative estimate of drug-likeness (QED) is 0.756. The summed E-state index contributed by atoms with van der Waals surface area (Å²) in [5, 5.41) is 2.85. The number of amides is 1. The Balaban J connectivity index is 1.75. The Labute approximate surface area is 149 Å². The first-order valence-corrected chi connectivity index (χ1v) is 8.97. The van der Waals surface area contributed by atoms with E-state index in [1.165, 1.54) is 11.3 Å². The van der Waals surface area contributed by atoms with E-state index in [9.17, 15) is 9.59 Å². The summed E-state index contributed by atoms with van der Waals surface area (Å²) in [4.78, 5) is 24.3. The fourth-order valence-electron chi connectivity index (χ4n) is 2.62. The van der Waals surface area contributed by atoms with E-state index in [0.717, 1.165) is 15.8 Å². The zero-order chi connectivity index (χ0) is 18.0. The molecule has 1 amide bonds. The first kappa shape index (κ1) is 17.2. The Morgan fingerprint density at radius 3 is 2.76 bits per heavy atom. The number of aryl methyl sites for hydroxylation is 2. The average molecular weight is 356 g/mol. The summed E-state index contributed by atoms with van der Waals surface area (Å²) < 4.78 is 8.32. The van der Waals surface area contributed by atoms with E-state index in [0.29, 0.717) is 18.0 Å². The van der Waals surface area contributed by atoms with Gasteiger partial charge in [0.05, 0.1) is 10.2 Å². The van der Waals surface area contributed by atoms with Crippen LogP contribution in [0.5, 0.6) is 5.75 Å². The number of hydrogen-bond acceptors (Lipinski definition) is 4. The number of hydrogen-bond donors (Lipinski definition) is 1. The van der Waals surface area contributed by atoms with Crippen molar-refractivity contribution in [2.75, 3.05) is 5.32 Å². The van der Waals surface area contributed by atoms with Crippen LogP contribution in [-0.4, -0.2) is 16.6 Å². The summed E-state index contributed by atoms with van der Waals surface area (Å²) in [6, 6.07) is 13.1. The van der Waals surface area contributed by atoms with Crippen molar-refractivity contribution in [2.24, 2.45) is 0 Å². The molecule has 0 saturated heterocycles. The lowest BCUT2D eigenvalue weighted by atomic mass is 10.2. The van der Waals surface area contributed by atoms with Gasteiger partial charge in [-0.2, -0.15) is 0 Å². The van der Waals surface area contributed by atoms with Gasteiger partial charge in [-0.3, -0.25) is 14.2 Å². The number of carbonyl (C=O) groups excluding carboxylic acids is 1. The van der Waals surface area contributed by atoms with Crippen molar-refractivity contribution in [2.45, 2.75) is 33.4 Å². The minimum Gasteiger partial charge on any atom is -0.481 e. The van der Waals surface area contributed by atoms with Crippen molar-refractivity contribution in [1.82, 2.24) is 4.57 Å². The molecule has 0 saturated carbocycles. The number of nitrogens with one attached hydrogen (secondary N) is 1. The van der Waals surface area contributed by atoms with Crippen molar-refractivity contribution in [3.05, 3.63) is 57.7 Å². The number of para-hydroxylation sites is 1. The van der Waals surface area contributed by atoms with Gasteiger partial charge in [0, 0.05) is 12.2 Å². The molecular weight excluding hydrogens is 336 g/mol. The van der Waals surface area contributed by atoms with Crippen LogP contribution in [-0.2, 0) is 11.3 Å². The van der Waals surface area contributed by atoms with E-state index >= 15 is 0 Å². The van der Waals surface area contributed by atoms with Crippen LogP contribution in [0.15, 0.2) is 47.3 Å². The molecule has 2 aromatic carbocycles. The molecule has 1 heterocycles. The largest absolute Gasteiger partial charge is 0.481 e. The van der Waals surface area contributed by atoms with Gasteiger partial charge in [-0.25, -0.2) is 0 Å². The van der Waals surface area contributed by atoms with Gasteiger partial charge in [-0.15, -0.1) is 0 Å². The number of rotatable bonds is 5. The standard InChI is InChI=1S/C19H20N2O3S/c1-4-21-15-10-9-14(11-17(15)25-19(21)23)20-18(22)13(3)24-16-8-6-5-7-12(16)2/h5-11,13H,4H2,1-3H3,(H,20,22)/t13-/m0/s1. The Kier molecular flexibility index (Phi) is 4.90. The molecule has 0 aliphatic heterocycles. The smallest absolute Gasteiger partial charge is 0.308 e. The van der Waals surface area contributed by atoms with Gasteiger partial charge in [-0.05, 0) is 50.6 Å². The second-order valence-electron chi connectivity index (χ2n) is 5.81. The number of benzene rings is 2. The maximum atomic E-state index is 12.4. The molecule has 1 N–H and O–H groups in total. The lowest BCUT2D eigenvalue weighted by Gasteiger charge is -2.16. The van der Waals surface area contributed by atoms with Gasteiger partial charge < -0.3 is 10.1 Å². The molecule has 3 aromatic rings. The molecule has 0 spiro atoms. The average Bonchev–Trinajstić information content (AvgIpc) is 2.91. The Morgan fingerprint density at radius 1 is 1.28 bits per heavy atom. The first-order chi connectivity index (χ1) is 12.0. The van der Waals surface area contributed by atoms with Gasteiger partial charge in [-0.1, -0.05) is 29.5 Å². The normalized spacial score (nSPS) is 12.1. The molecule has 3 rings (SSSR count). The zero-order valence-electron chi connectivity index (χ0n) is 14.4. The highest BCUT2D eigenvalue weighted by Crippen LogP contribution is 2.23. The van der Waals surface area contributed by atoms with Gasteiger partial charge in [0.1, 0.15) is 5.75 Å². The molecule has 0 aliphatic carbocycles. The Bertz CT molecular complexity index is 974. The summed E-state index contributed by atoms with van der Waals surface area (Å²) in [6.07, 6.45) is -0.629. The van der Waals surface area contributed by atoms with Crippen molar-refractivity contribution in [3.63, 3.8) is 0 Å². The molecule has 6 heteroatoms. The van der Waals surface area contributed by atoms with Crippen LogP contribution in [0.2, 0.25) is 0 Å². The van der Waals surface area contributed by atoms with Gasteiger partial charge in [0.25, 0.3) is 5.91 Å². The van der Waals surface area contributed by atoms with E-state index < -0.39 is 6.10 Å². The van der Waals surface area contributed by atoms with Crippen LogP contribution >= 0.6 is 11.3 Å². The van der Waals surface area contributed by atoms with Gasteiger partial charge in [0.15, 0.2) is 6.10 Å². The predicted molar refractivity (Wildman–Crippen MR) is 102 cm³/mol. The minimum absolute atomic E-state index is 0.0113. The summed E-state index contributed by atoms with van der Waals surface area (Å²) >= 11 is 1.18. The second kappa shape index (κ2) is 7.11. The third-order valence-corrected chi connectivity index (χ3v) is 4.96. The summed E-state index contributed by atoms with van der Waals surface area (Å²) in [5.74, 6) is 0.462. The molecule has 1 aromatic heterocycles. The number of ether oxygens (including phenoxy) is 1. The van der Waals surface area contributed by atoms with E-state index in [1.54, 1.807) is 17.6 Å². The minimum atomic E-state index is -0.629. The fourth-order valence-corrected chi connectivity index (χ4v) is 3.61. The topological polar surface area (TPSA) is 60.3 Å². The highest BCUT2D eigenvalue weighted by atomic mass is 32.1. The number of carbonyl (C=O) groups is 1. The Morgan fingerprint density at radius 2 is 2.04 bits per heavy atom. The molecule has 5 nitrogen and oxygen atoms in total. The van der Waals surface area contributed by atoms with Crippen LogP contribution in [0, 0.1) is 6.92 Å². The summed E-state index contributed by atoms with van der Waals surface area (Å²) in [7, 11) is 0. The lowest BCUT2D eigenvalue weighted by molar-refractivity contribution is -0.122. The highest BCUT2D eigenvalue weighted by molar-refractivity contribution is 7.16. The van der Waals surface area contributed by atoms with Crippen LogP contribution in [0.4, 0.5) is 5.69 Å². The molecule has 0 aliphatic rings. The predicted octanol–water partition coefficient (Wildman–Crippen LogP) is 3.80. The van der Waals surface area contributed by atoms with E-state index in [-0.39, 0.29) is 10.8 Å². The van der Waals surface area contributed by atoms with Gasteiger partial charge >= 0.3 is 4.87 Å². The van der Waals surface area contributed by atoms with E-state index in [4.69, 9.17) is 4.74 Å².